The molecule has 0 bridgehead atoms. The van der Waals surface area contributed by atoms with E-state index in [0.29, 0.717) is 17.0 Å². The lowest BCUT2D eigenvalue weighted by atomic mass is 10.2. The number of aromatic nitrogens is 2. The predicted octanol–water partition coefficient (Wildman–Crippen LogP) is 4.34. The zero-order chi connectivity index (χ0) is 15.5. The van der Waals surface area contributed by atoms with Crippen molar-refractivity contribution in [3.8, 4) is 0 Å². The van der Waals surface area contributed by atoms with Crippen molar-refractivity contribution in [2.75, 3.05) is 10.6 Å². The molecule has 0 saturated carbocycles. The first-order valence-electron chi connectivity index (χ1n) is 6.68. The summed E-state index contributed by atoms with van der Waals surface area (Å²) in [6, 6.07) is 12.7. The highest BCUT2D eigenvalue weighted by Gasteiger charge is 2.08. The van der Waals surface area contributed by atoms with Crippen LogP contribution in [-0.4, -0.2) is 16.0 Å². The topological polar surface area (TPSA) is 66.9 Å². The number of rotatable bonds is 2. The van der Waals surface area contributed by atoms with E-state index in [1.54, 1.807) is 6.20 Å². The molecule has 2 amide bonds. The lowest BCUT2D eigenvalue weighted by Gasteiger charge is -2.10. The van der Waals surface area contributed by atoms with E-state index in [2.05, 4.69) is 36.5 Å². The molecule has 3 rings (SSSR count). The molecule has 2 heterocycles. The first-order chi connectivity index (χ1) is 10.6. The number of halogens is 1. The van der Waals surface area contributed by atoms with Crippen molar-refractivity contribution >= 4 is 44.4 Å². The maximum absolute atomic E-state index is 12.1. The lowest BCUT2D eigenvalue weighted by Crippen LogP contribution is -2.20. The summed E-state index contributed by atoms with van der Waals surface area (Å²) in [7, 11) is 0. The van der Waals surface area contributed by atoms with Crippen LogP contribution in [0.1, 0.15) is 5.69 Å². The summed E-state index contributed by atoms with van der Waals surface area (Å²) < 4.78 is 0.959. The number of nitrogens with zero attached hydrogens (tertiary/aromatic N) is 2. The smallest absolute Gasteiger partial charge is 0.308 e. The Kier molecular flexibility index (Phi) is 4.02. The minimum atomic E-state index is -0.310. The Morgan fingerprint density at radius 3 is 2.68 bits per heavy atom. The molecule has 3 aromatic rings. The van der Waals surface area contributed by atoms with Gasteiger partial charge in [-0.25, -0.2) is 14.8 Å². The summed E-state index contributed by atoms with van der Waals surface area (Å²) in [5.41, 5.74) is 2.76. The normalized spacial score (nSPS) is 10.5. The van der Waals surface area contributed by atoms with Crippen molar-refractivity contribution < 1.29 is 4.79 Å². The number of amides is 2. The fourth-order valence-corrected chi connectivity index (χ4v) is 2.30. The van der Waals surface area contributed by atoms with Crippen LogP contribution in [0.3, 0.4) is 0 Å². The maximum Gasteiger partial charge on any atom is 0.323 e. The minimum absolute atomic E-state index is 0.310. The summed E-state index contributed by atoms with van der Waals surface area (Å²) >= 11 is 3.36. The number of carbonyl (C=O) groups excluding carboxylic acids is 1. The molecule has 1 aromatic carbocycles. The first kappa shape index (κ1) is 14.5. The summed E-state index contributed by atoms with van der Waals surface area (Å²) in [5.74, 6) is 0. The number of hydrogen-bond donors (Lipinski definition) is 2. The van der Waals surface area contributed by atoms with Gasteiger partial charge in [-0.2, -0.15) is 0 Å². The predicted molar refractivity (Wildman–Crippen MR) is 91.1 cm³/mol. The molecule has 0 fully saturated rings. The van der Waals surface area contributed by atoms with Crippen molar-refractivity contribution in [1.82, 2.24) is 9.97 Å². The third kappa shape index (κ3) is 3.23. The molecule has 0 radical (unpaired) electrons. The molecule has 0 saturated heterocycles. The van der Waals surface area contributed by atoms with Crippen LogP contribution in [0.15, 0.2) is 53.1 Å². The standard InChI is InChI=1S/C16H13BrN4O/c1-10-14(9-11-3-2-8-18-15(11)19-10)21-16(22)20-13-6-4-12(17)5-7-13/h2-9H,1H3,(H2,20,21,22). The zero-order valence-corrected chi connectivity index (χ0v) is 13.4. The van der Waals surface area contributed by atoms with Gasteiger partial charge in [0.15, 0.2) is 5.65 Å². The van der Waals surface area contributed by atoms with E-state index in [1.165, 1.54) is 0 Å². The Bertz CT molecular complexity index is 833. The second-order valence-electron chi connectivity index (χ2n) is 4.76. The molecule has 2 N–H and O–H groups in total. The van der Waals surface area contributed by atoms with Crippen molar-refractivity contribution in [1.29, 1.82) is 0 Å². The summed E-state index contributed by atoms with van der Waals surface area (Å²) in [6.45, 7) is 1.84. The van der Waals surface area contributed by atoms with Crippen molar-refractivity contribution in [3.63, 3.8) is 0 Å². The van der Waals surface area contributed by atoms with Gasteiger partial charge in [0.2, 0.25) is 0 Å². The van der Waals surface area contributed by atoms with E-state index >= 15 is 0 Å². The van der Waals surface area contributed by atoms with Crippen LogP contribution in [0.4, 0.5) is 16.2 Å². The largest absolute Gasteiger partial charge is 0.323 e. The third-order valence-corrected chi connectivity index (χ3v) is 3.66. The molecule has 6 heteroatoms. The Balaban J connectivity index is 1.78. The molecule has 0 aliphatic rings. The van der Waals surface area contributed by atoms with Crippen LogP contribution in [-0.2, 0) is 0 Å². The molecule has 0 aliphatic carbocycles. The number of pyridine rings is 2. The maximum atomic E-state index is 12.1. The van der Waals surface area contributed by atoms with Gasteiger partial charge < -0.3 is 10.6 Å². The molecule has 0 unspecified atom stereocenters. The van der Waals surface area contributed by atoms with E-state index in [9.17, 15) is 4.79 Å². The van der Waals surface area contributed by atoms with E-state index < -0.39 is 0 Å². The Hall–Kier alpha value is -2.47. The van der Waals surface area contributed by atoms with Crippen LogP contribution >= 0.6 is 15.9 Å². The SMILES string of the molecule is Cc1nc2ncccc2cc1NC(=O)Nc1ccc(Br)cc1. The molecule has 22 heavy (non-hydrogen) atoms. The van der Waals surface area contributed by atoms with Crippen LogP contribution in [0.2, 0.25) is 0 Å². The number of fused-ring (bicyclic) bond motifs is 1. The van der Waals surface area contributed by atoms with Gasteiger partial charge in [0.25, 0.3) is 0 Å². The molecular weight excluding hydrogens is 344 g/mol. The average molecular weight is 357 g/mol. The van der Waals surface area contributed by atoms with Gasteiger partial charge in [0.05, 0.1) is 11.4 Å². The Morgan fingerprint density at radius 1 is 1.14 bits per heavy atom. The number of hydrogen-bond acceptors (Lipinski definition) is 3. The third-order valence-electron chi connectivity index (χ3n) is 3.13. The molecular formula is C16H13BrN4O. The van der Waals surface area contributed by atoms with Gasteiger partial charge in [-0.15, -0.1) is 0 Å². The second kappa shape index (κ2) is 6.11. The molecule has 5 nitrogen and oxygen atoms in total. The Morgan fingerprint density at radius 2 is 1.91 bits per heavy atom. The summed E-state index contributed by atoms with van der Waals surface area (Å²) in [6.07, 6.45) is 1.70. The van der Waals surface area contributed by atoms with Gasteiger partial charge in [0.1, 0.15) is 0 Å². The minimum Gasteiger partial charge on any atom is -0.308 e. The number of urea groups is 1. The fourth-order valence-electron chi connectivity index (χ4n) is 2.04. The highest BCUT2D eigenvalue weighted by molar-refractivity contribution is 9.10. The van der Waals surface area contributed by atoms with Gasteiger partial charge in [0, 0.05) is 21.7 Å². The number of anilines is 2. The monoisotopic (exact) mass is 356 g/mol. The number of nitrogens with one attached hydrogen (secondary N) is 2. The van der Waals surface area contributed by atoms with E-state index in [1.807, 2.05) is 49.4 Å². The van der Waals surface area contributed by atoms with Crippen molar-refractivity contribution in [2.45, 2.75) is 6.92 Å². The van der Waals surface area contributed by atoms with Gasteiger partial charge in [-0.3, -0.25) is 0 Å². The molecule has 2 aromatic heterocycles. The highest BCUT2D eigenvalue weighted by Crippen LogP contribution is 2.19. The van der Waals surface area contributed by atoms with Crippen LogP contribution in [0.25, 0.3) is 11.0 Å². The molecule has 0 aliphatic heterocycles. The number of benzene rings is 1. The van der Waals surface area contributed by atoms with Crippen molar-refractivity contribution in [2.24, 2.45) is 0 Å². The Labute approximate surface area is 135 Å². The van der Waals surface area contributed by atoms with Crippen LogP contribution in [0, 0.1) is 6.92 Å². The van der Waals surface area contributed by atoms with E-state index in [0.717, 1.165) is 15.6 Å². The zero-order valence-electron chi connectivity index (χ0n) is 11.8. The van der Waals surface area contributed by atoms with Crippen LogP contribution in [0.5, 0.6) is 0 Å². The highest BCUT2D eigenvalue weighted by atomic mass is 79.9. The van der Waals surface area contributed by atoms with Crippen LogP contribution < -0.4 is 10.6 Å². The second-order valence-corrected chi connectivity index (χ2v) is 5.67. The van der Waals surface area contributed by atoms with Gasteiger partial charge >= 0.3 is 6.03 Å². The van der Waals surface area contributed by atoms with Gasteiger partial charge in [-0.1, -0.05) is 15.9 Å². The molecule has 0 spiro atoms. The van der Waals surface area contributed by atoms with Crippen molar-refractivity contribution in [3.05, 3.63) is 58.8 Å². The lowest BCUT2D eigenvalue weighted by molar-refractivity contribution is 0.262. The number of carbonyl (C=O) groups is 1. The average Bonchev–Trinajstić information content (AvgIpc) is 2.50. The summed E-state index contributed by atoms with van der Waals surface area (Å²) in [4.78, 5) is 20.7. The summed E-state index contributed by atoms with van der Waals surface area (Å²) in [5, 5.41) is 6.47. The fraction of sp³-hybridized carbons (Fsp3) is 0.0625. The number of aryl methyl sites for hydroxylation is 1. The first-order valence-corrected chi connectivity index (χ1v) is 7.47. The molecule has 0 atom stereocenters. The van der Waals surface area contributed by atoms with E-state index in [-0.39, 0.29) is 6.03 Å². The molecule has 110 valence electrons. The quantitative estimate of drug-likeness (QED) is 0.717. The van der Waals surface area contributed by atoms with Gasteiger partial charge in [-0.05, 0) is 49.4 Å². The van der Waals surface area contributed by atoms with E-state index in [4.69, 9.17) is 0 Å².